The highest BCUT2D eigenvalue weighted by atomic mass is 16.6. The molecule has 1 amide bonds. The van der Waals surface area contributed by atoms with Crippen LogP contribution in [0, 0.1) is 5.92 Å². The summed E-state index contributed by atoms with van der Waals surface area (Å²) in [5.41, 5.74) is -0.567. The molecule has 20 heavy (non-hydrogen) atoms. The summed E-state index contributed by atoms with van der Waals surface area (Å²) in [5.74, 6) is -0.208. The summed E-state index contributed by atoms with van der Waals surface area (Å²) in [5, 5.41) is 2.77. The van der Waals surface area contributed by atoms with Gasteiger partial charge in [-0.1, -0.05) is 0 Å². The first-order chi connectivity index (χ1) is 9.33. The van der Waals surface area contributed by atoms with Gasteiger partial charge in [-0.15, -0.1) is 0 Å². The van der Waals surface area contributed by atoms with Crippen molar-refractivity contribution in [2.45, 2.75) is 45.3 Å². The van der Waals surface area contributed by atoms with Gasteiger partial charge in [0, 0.05) is 26.2 Å². The lowest BCUT2D eigenvalue weighted by Crippen LogP contribution is -2.49. The van der Waals surface area contributed by atoms with Crippen LogP contribution >= 0.6 is 0 Å². The van der Waals surface area contributed by atoms with Gasteiger partial charge in [-0.25, -0.2) is 4.79 Å². The van der Waals surface area contributed by atoms with Crippen LogP contribution < -0.4 is 5.32 Å². The Morgan fingerprint density at radius 2 is 2.20 bits per heavy atom. The van der Waals surface area contributed by atoms with Gasteiger partial charge < -0.3 is 19.5 Å². The number of ketones is 1. The molecule has 1 N–H and O–H groups in total. The van der Waals surface area contributed by atoms with Gasteiger partial charge in [0.1, 0.15) is 11.4 Å². The maximum Gasteiger partial charge on any atom is 0.407 e. The number of Topliss-reactive ketones (excluding diaryl/α,β-unsaturated/α-hetero) is 1. The molecule has 6 heteroatoms. The van der Waals surface area contributed by atoms with Gasteiger partial charge in [-0.3, -0.25) is 4.79 Å². The first-order valence-electron chi connectivity index (χ1n) is 6.92. The summed E-state index contributed by atoms with van der Waals surface area (Å²) in [6.45, 7) is 6.65. The number of rotatable bonds is 5. The predicted molar refractivity (Wildman–Crippen MR) is 73.6 cm³/mol. The van der Waals surface area contributed by atoms with Gasteiger partial charge in [0.2, 0.25) is 0 Å². The van der Waals surface area contributed by atoms with Gasteiger partial charge in [0.05, 0.1) is 19.1 Å². The lowest BCUT2D eigenvalue weighted by molar-refractivity contribution is -0.132. The Morgan fingerprint density at radius 3 is 2.75 bits per heavy atom. The van der Waals surface area contributed by atoms with Crippen LogP contribution in [0.25, 0.3) is 0 Å². The fourth-order valence-electron chi connectivity index (χ4n) is 2.08. The molecule has 1 fully saturated rings. The van der Waals surface area contributed by atoms with E-state index in [2.05, 4.69) is 5.32 Å². The highest BCUT2D eigenvalue weighted by Gasteiger charge is 2.32. The summed E-state index contributed by atoms with van der Waals surface area (Å²) in [4.78, 5) is 23.8. The van der Waals surface area contributed by atoms with Crippen molar-refractivity contribution in [2.24, 2.45) is 5.92 Å². The normalized spacial score (nSPS) is 21.4. The average Bonchev–Trinajstić information content (AvgIpc) is 2.33. The summed E-state index contributed by atoms with van der Waals surface area (Å²) >= 11 is 0. The SMILES string of the molecule is COCCC(NC(=O)OC(C)(C)C)C1COCCC1=O. The minimum atomic E-state index is -0.567. The summed E-state index contributed by atoms with van der Waals surface area (Å²) in [6, 6.07) is -0.322. The van der Waals surface area contributed by atoms with Crippen LogP contribution in [0.1, 0.15) is 33.6 Å². The van der Waals surface area contributed by atoms with E-state index in [1.165, 1.54) is 0 Å². The van der Waals surface area contributed by atoms with Crippen molar-refractivity contribution in [3.05, 3.63) is 0 Å². The molecule has 0 bridgehead atoms. The number of hydrogen-bond acceptors (Lipinski definition) is 5. The standard InChI is InChI=1S/C14H25NO5/c1-14(2,3)20-13(17)15-11(5-7-18-4)10-9-19-8-6-12(10)16/h10-11H,5-9H2,1-4H3,(H,15,17). The number of carbonyl (C=O) groups excluding carboxylic acids is 2. The van der Waals surface area contributed by atoms with Crippen LogP contribution in [0.3, 0.4) is 0 Å². The molecule has 0 saturated carbocycles. The van der Waals surface area contributed by atoms with Crippen molar-refractivity contribution in [2.75, 3.05) is 26.9 Å². The van der Waals surface area contributed by atoms with Gasteiger partial charge in [-0.05, 0) is 27.2 Å². The Balaban J connectivity index is 2.63. The molecule has 2 unspecified atom stereocenters. The molecule has 6 nitrogen and oxygen atoms in total. The fraction of sp³-hybridized carbons (Fsp3) is 0.857. The zero-order valence-electron chi connectivity index (χ0n) is 12.7. The van der Waals surface area contributed by atoms with Gasteiger partial charge in [0.25, 0.3) is 0 Å². The first-order valence-corrected chi connectivity index (χ1v) is 6.92. The number of alkyl carbamates (subject to hydrolysis) is 1. The molecule has 0 radical (unpaired) electrons. The smallest absolute Gasteiger partial charge is 0.407 e. The summed E-state index contributed by atoms with van der Waals surface area (Å²) in [6.07, 6.45) is 0.427. The van der Waals surface area contributed by atoms with E-state index in [0.717, 1.165) is 0 Å². The third-order valence-electron chi connectivity index (χ3n) is 3.02. The molecule has 1 heterocycles. The third-order valence-corrected chi connectivity index (χ3v) is 3.02. The van der Waals surface area contributed by atoms with E-state index in [9.17, 15) is 9.59 Å². The quantitative estimate of drug-likeness (QED) is 0.830. The van der Waals surface area contributed by atoms with Crippen LogP contribution in [0.2, 0.25) is 0 Å². The van der Waals surface area contributed by atoms with Crippen LogP contribution in [0.4, 0.5) is 4.79 Å². The Hall–Kier alpha value is -1.14. The topological polar surface area (TPSA) is 73.9 Å². The van der Waals surface area contributed by atoms with Crippen molar-refractivity contribution in [1.82, 2.24) is 5.32 Å². The monoisotopic (exact) mass is 287 g/mol. The molecule has 0 aromatic rings. The molecular formula is C14H25NO5. The molecule has 0 spiro atoms. The molecule has 0 aromatic heterocycles. The van der Waals surface area contributed by atoms with Crippen molar-refractivity contribution < 1.29 is 23.8 Å². The Bertz CT molecular complexity index is 337. The second kappa shape index (κ2) is 7.59. The number of amides is 1. The molecule has 0 aliphatic carbocycles. The van der Waals surface area contributed by atoms with Crippen molar-refractivity contribution in [3.8, 4) is 0 Å². The maximum atomic E-state index is 12.0. The highest BCUT2D eigenvalue weighted by Crippen LogP contribution is 2.17. The van der Waals surface area contributed by atoms with Crippen LogP contribution in [-0.4, -0.2) is 50.4 Å². The average molecular weight is 287 g/mol. The number of methoxy groups -OCH3 is 1. The largest absolute Gasteiger partial charge is 0.444 e. The number of nitrogens with one attached hydrogen (secondary N) is 1. The van der Waals surface area contributed by atoms with Crippen LogP contribution in [-0.2, 0) is 19.0 Å². The van der Waals surface area contributed by atoms with Gasteiger partial charge >= 0.3 is 6.09 Å². The lowest BCUT2D eigenvalue weighted by Gasteiger charge is -2.30. The number of ether oxygens (including phenoxy) is 3. The van der Waals surface area contributed by atoms with E-state index >= 15 is 0 Å². The second-order valence-corrected chi connectivity index (χ2v) is 5.93. The molecule has 0 aromatic carbocycles. The molecule has 116 valence electrons. The zero-order chi connectivity index (χ0) is 15.2. The van der Waals surface area contributed by atoms with E-state index in [4.69, 9.17) is 14.2 Å². The van der Waals surface area contributed by atoms with Crippen molar-refractivity contribution in [1.29, 1.82) is 0 Å². The highest BCUT2D eigenvalue weighted by molar-refractivity contribution is 5.83. The minimum absolute atomic E-state index is 0.119. The molecule has 1 aliphatic heterocycles. The molecular weight excluding hydrogens is 262 g/mol. The molecule has 1 rings (SSSR count). The van der Waals surface area contributed by atoms with E-state index < -0.39 is 11.7 Å². The van der Waals surface area contributed by atoms with Crippen LogP contribution in [0.5, 0.6) is 0 Å². The number of carbonyl (C=O) groups is 2. The summed E-state index contributed by atoms with van der Waals surface area (Å²) < 4.78 is 15.6. The van der Waals surface area contributed by atoms with Crippen molar-refractivity contribution >= 4 is 11.9 Å². The van der Waals surface area contributed by atoms with E-state index in [1.54, 1.807) is 27.9 Å². The van der Waals surface area contributed by atoms with Gasteiger partial charge in [-0.2, -0.15) is 0 Å². The van der Waals surface area contributed by atoms with Crippen LogP contribution in [0.15, 0.2) is 0 Å². The minimum Gasteiger partial charge on any atom is -0.444 e. The second-order valence-electron chi connectivity index (χ2n) is 5.93. The van der Waals surface area contributed by atoms with E-state index in [-0.39, 0.29) is 17.7 Å². The maximum absolute atomic E-state index is 12.0. The van der Waals surface area contributed by atoms with E-state index in [0.29, 0.717) is 32.7 Å². The third kappa shape index (κ3) is 5.88. The molecule has 2 atom stereocenters. The van der Waals surface area contributed by atoms with E-state index in [1.807, 2.05) is 0 Å². The Morgan fingerprint density at radius 1 is 1.50 bits per heavy atom. The van der Waals surface area contributed by atoms with Crippen molar-refractivity contribution in [3.63, 3.8) is 0 Å². The predicted octanol–water partition coefficient (Wildman–Crippen LogP) is 1.52. The Kier molecular flexibility index (Phi) is 6.42. The summed E-state index contributed by atoms with van der Waals surface area (Å²) in [7, 11) is 1.59. The lowest BCUT2D eigenvalue weighted by atomic mass is 9.90. The molecule has 1 aliphatic rings. The fourth-order valence-corrected chi connectivity index (χ4v) is 2.08. The molecule has 1 saturated heterocycles. The Labute approximate surface area is 120 Å². The number of hydrogen-bond donors (Lipinski definition) is 1. The first kappa shape index (κ1) is 16.9. The van der Waals surface area contributed by atoms with Gasteiger partial charge in [0.15, 0.2) is 0 Å². The zero-order valence-corrected chi connectivity index (χ0v) is 12.7.